The Bertz CT molecular complexity index is 1090. The molecular formula is C23H21N3O4. The number of hydrogen-bond acceptors (Lipinski definition) is 6. The van der Waals surface area contributed by atoms with Gasteiger partial charge in [0, 0.05) is 29.2 Å². The van der Waals surface area contributed by atoms with E-state index in [1.54, 1.807) is 30.3 Å². The topological polar surface area (TPSA) is 82.6 Å². The summed E-state index contributed by atoms with van der Waals surface area (Å²) in [5.74, 6) is 1.67. The Morgan fingerprint density at radius 3 is 2.57 bits per heavy atom. The maximum absolute atomic E-state index is 12.3. The fraction of sp³-hybridized carbons (Fsp3) is 0.174. The van der Waals surface area contributed by atoms with E-state index in [2.05, 4.69) is 15.3 Å². The molecule has 2 aromatic carbocycles. The second-order valence-corrected chi connectivity index (χ2v) is 6.79. The molecule has 4 rings (SSSR count). The Balaban J connectivity index is 1.41. The van der Waals surface area contributed by atoms with Crippen LogP contribution in [0.1, 0.15) is 17.0 Å². The van der Waals surface area contributed by atoms with Crippen molar-refractivity contribution in [1.82, 2.24) is 9.97 Å². The quantitative estimate of drug-likeness (QED) is 0.639. The molecule has 0 radical (unpaired) electrons. The second-order valence-electron chi connectivity index (χ2n) is 6.79. The summed E-state index contributed by atoms with van der Waals surface area (Å²) in [5, 5.41) is 2.82. The standard InChI is InChI=1S/C23H21N3O4/c1-15-12-16(2)25-23(24-15)30-19-5-3-4-18(14-19)26-22(27)9-7-17-6-8-20-21(13-17)29-11-10-28-20/h3-9,12-14H,10-11H2,1-2H3,(H,26,27)/b9-7-. The number of anilines is 1. The molecule has 0 atom stereocenters. The lowest BCUT2D eigenvalue weighted by Crippen LogP contribution is -2.15. The molecule has 0 saturated heterocycles. The van der Waals surface area contributed by atoms with Gasteiger partial charge in [-0.15, -0.1) is 0 Å². The van der Waals surface area contributed by atoms with E-state index in [0.29, 0.717) is 36.1 Å². The van der Waals surface area contributed by atoms with Gasteiger partial charge in [0.05, 0.1) is 0 Å². The first-order valence-electron chi connectivity index (χ1n) is 9.54. The van der Waals surface area contributed by atoms with Crippen LogP contribution in [0.25, 0.3) is 6.08 Å². The molecule has 2 heterocycles. The van der Waals surface area contributed by atoms with Crippen LogP contribution in [-0.4, -0.2) is 29.1 Å². The summed E-state index contributed by atoms with van der Waals surface area (Å²) in [6.07, 6.45) is 3.18. The summed E-state index contributed by atoms with van der Waals surface area (Å²) >= 11 is 0. The minimum Gasteiger partial charge on any atom is -0.486 e. The Kier molecular flexibility index (Phi) is 5.61. The van der Waals surface area contributed by atoms with E-state index in [1.807, 2.05) is 38.1 Å². The van der Waals surface area contributed by atoms with Crippen LogP contribution in [0.2, 0.25) is 0 Å². The molecule has 30 heavy (non-hydrogen) atoms. The van der Waals surface area contributed by atoms with Crippen LogP contribution in [0.4, 0.5) is 5.69 Å². The Labute approximate surface area is 174 Å². The highest BCUT2D eigenvalue weighted by atomic mass is 16.6. The minimum atomic E-state index is -0.260. The van der Waals surface area contributed by atoms with Crippen molar-refractivity contribution >= 4 is 17.7 Å². The number of nitrogens with zero attached hydrogens (tertiary/aromatic N) is 2. The van der Waals surface area contributed by atoms with Crippen LogP contribution in [0.5, 0.6) is 23.3 Å². The van der Waals surface area contributed by atoms with Gasteiger partial charge in [0.25, 0.3) is 0 Å². The third-order valence-corrected chi connectivity index (χ3v) is 4.27. The van der Waals surface area contributed by atoms with E-state index in [1.165, 1.54) is 6.08 Å². The lowest BCUT2D eigenvalue weighted by Gasteiger charge is -2.18. The maximum atomic E-state index is 12.3. The van der Waals surface area contributed by atoms with Crippen LogP contribution in [0, 0.1) is 13.8 Å². The van der Waals surface area contributed by atoms with Gasteiger partial charge in [-0.05, 0) is 55.8 Å². The molecule has 0 fully saturated rings. The van der Waals surface area contributed by atoms with Gasteiger partial charge >= 0.3 is 6.01 Å². The minimum absolute atomic E-state index is 0.260. The zero-order valence-corrected chi connectivity index (χ0v) is 16.7. The van der Waals surface area contributed by atoms with E-state index in [0.717, 1.165) is 17.0 Å². The van der Waals surface area contributed by atoms with E-state index in [9.17, 15) is 4.79 Å². The van der Waals surface area contributed by atoms with E-state index in [4.69, 9.17) is 14.2 Å². The molecule has 1 N–H and O–H groups in total. The highest BCUT2D eigenvalue weighted by molar-refractivity contribution is 6.02. The number of aryl methyl sites for hydroxylation is 2. The summed E-state index contributed by atoms with van der Waals surface area (Å²) in [6.45, 7) is 4.83. The lowest BCUT2D eigenvalue weighted by atomic mass is 10.2. The molecule has 1 aliphatic heterocycles. The molecule has 152 valence electrons. The molecular weight excluding hydrogens is 382 g/mol. The van der Waals surface area contributed by atoms with Gasteiger partial charge in [-0.1, -0.05) is 12.1 Å². The van der Waals surface area contributed by atoms with Gasteiger partial charge in [0.15, 0.2) is 11.5 Å². The van der Waals surface area contributed by atoms with Crippen molar-refractivity contribution in [3.05, 3.63) is 71.6 Å². The van der Waals surface area contributed by atoms with Gasteiger partial charge in [-0.3, -0.25) is 4.79 Å². The van der Waals surface area contributed by atoms with Crippen LogP contribution in [0.3, 0.4) is 0 Å². The third kappa shape index (κ3) is 4.94. The number of benzene rings is 2. The van der Waals surface area contributed by atoms with E-state index in [-0.39, 0.29) is 11.9 Å². The summed E-state index contributed by atoms with van der Waals surface area (Å²) in [6, 6.07) is 14.8. The molecule has 0 saturated carbocycles. The summed E-state index contributed by atoms with van der Waals surface area (Å²) in [4.78, 5) is 20.8. The number of carbonyl (C=O) groups excluding carboxylic acids is 1. The first kappa shape index (κ1) is 19.4. The van der Waals surface area contributed by atoms with Crippen molar-refractivity contribution in [1.29, 1.82) is 0 Å². The van der Waals surface area contributed by atoms with Crippen LogP contribution in [-0.2, 0) is 4.79 Å². The number of hydrogen-bond donors (Lipinski definition) is 1. The zero-order valence-electron chi connectivity index (χ0n) is 16.7. The zero-order chi connectivity index (χ0) is 20.9. The number of carbonyl (C=O) groups is 1. The Morgan fingerprint density at radius 2 is 1.77 bits per heavy atom. The molecule has 1 aromatic heterocycles. The van der Waals surface area contributed by atoms with Crippen molar-refractivity contribution in [3.63, 3.8) is 0 Å². The van der Waals surface area contributed by atoms with Crippen molar-refractivity contribution < 1.29 is 19.0 Å². The molecule has 3 aromatic rings. The van der Waals surface area contributed by atoms with Crippen molar-refractivity contribution in [2.45, 2.75) is 13.8 Å². The molecule has 0 bridgehead atoms. The maximum Gasteiger partial charge on any atom is 0.322 e. The average molecular weight is 403 g/mol. The van der Waals surface area contributed by atoms with Gasteiger partial charge in [-0.25, -0.2) is 9.97 Å². The predicted molar refractivity (Wildman–Crippen MR) is 113 cm³/mol. The van der Waals surface area contributed by atoms with Gasteiger partial charge < -0.3 is 19.5 Å². The molecule has 0 aliphatic carbocycles. The van der Waals surface area contributed by atoms with Crippen LogP contribution >= 0.6 is 0 Å². The molecule has 1 amide bonds. The number of rotatable bonds is 5. The predicted octanol–water partition coefficient (Wildman–Crippen LogP) is 4.31. The van der Waals surface area contributed by atoms with Crippen LogP contribution in [0.15, 0.2) is 54.6 Å². The number of fused-ring (bicyclic) bond motifs is 1. The number of ether oxygens (including phenoxy) is 3. The summed E-state index contributed by atoms with van der Waals surface area (Å²) < 4.78 is 16.8. The average Bonchev–Trinajstić information content (AvgIpc) is 2.71. The summed E-state index contributed by atoms with van der Waals surface area (Å²) in [5.41, 5.74) is 3.10. The number of aromatic nitrogens is 2. The van der Waals surface area contributed by atoms with Crippen molar-refractivity contribution in [3.8, 4) is 23.3 Å². The first-order chi connectivity index (χ1) is 14.5. The van der Waals surface area contributed by atoms with Crippen molar-refractivity contribution in [2.24, 2.45) is 0 Å². The largest absolute Gasteiger partial charge is 0.486 e. The third-order valence-electron chi connectivity index (χ3n) is 4.27. The number of nitrogens with one attached hydrogen (secondary N) is 1. The highest BCUT2D eigenvalue weighted by Crippen LogP contribution is 2.31. The van der Waals surface area contributed by atoms with Gasteiger partial charge in [0.2, 0.25) is 5.91 Å². The Morgan fingerprint density at radius 1 is 1.00 bits per heavy atom. The number of amides is 1. The first-order valence-corrected chi connectivity index (χ1v) is 9.54. The fourth-order valence-electron chi connectivity index (χ4n) is 3.00. The van der Waals surface area contributed by atoms with Crippen LogP contribution < -0.4 is 19.5 Å². The van der Waals surface area contributed by atoms with Gasteiger partial charge in [-0.2, -0.15) is 0 Å². The second kappa shape index (κ2) is 8.65. The SMILES string of the molecule is Cc1cc(C)nc(Oc2cccc(NC(=O)/C=C\c3ccc4c(c3)OCCO4)c2)n1. The molecule has 0 unspecified atom stereocenters. The van der Waals surface area contributed by atoms with E-state index >= 15 is 0 Å². The lowest BCUT2D eigenvalue weighted by molar-refractivity contribution is -0.111. The van der Waals surface area contributed by atoms with Crippen molar-refractivity contribution in [2.75, 3.05) is 18.5 Å². The highest BCUT2D eigenvalue weighted by Gasteiger charge is 2.11. The molecule has 1 aliphatic rings. The Hall–Kier alpha value is -3.87. The molecule has 7 heteroatoms. The summed E-state index contributed by atoms with van der Waals surface area (Å²) in [7, 11) is 0. The molecule has 0 spiro atoms. The molecule has 7 nitrogen and oxygen atoms in total. The monoisotopic (exact) mass is 403 g/mol. The van der Waals surface area contributed by atoms with Gasteiger partial charge in [0.1, 0.15) is 19.0 Å². The smallest absolute Gasteiger partial charge is 0.322 e. The van der Waals surface area contributed by atoms with E-state index < -0.39 is 0 Å². The normalized spacial score (nSPS) is 12.6. The fourth-order valence-corrected chi connectivity index (χ4v) is 3.00.